The summed E-state index contributed by atoms with van der Waals surface area (Å²) >= 11 is 0. The molecule has 0 bridgehead atoms. The number of benzene rings is 1. The van der Waals surface area contributed by atoms with E-state index in [0.29, 0.717) is 0 Å². The van der Waals surface area contributed by atoms with Gasteiger partial charge in [-0.15, -0.1) is 0 Å². The maximum atomic E-state index is 6.38. The first kappa shape index (κ1) is 13.7. The highest BCUT2D eigenvalue weighted by molar-refractivity contribution is 5.91. The van der Waals surface area contributed by atoms with Gasteiger partial charge in [-0.05, 0) is 37.8 Å². The molecule has 0 saturated carbocycles. The third-order valence-electron chi connectivity index (χ3n) is 3.85. The molecule has 1 aliphatic rings. The number of hydrogen-bond acceptors (Lipinski definition) is 2. The molecule has 0 fully saturated rings. The molecule has 0 aliphatic carbocycles. The summed E-state index contributed by atoms with van der Waals surface area (Å²) < 4.78 is 0. The van der Waals surface area contributed by atoms with E-state index in [1.807, 2.05) is 0 Å². The van der Waals surface area contributed by atoms with Gasteiger partial charge in [0.25, 0.3) is 0 Å². The van der Waals surface area contributed by atoms with Gasteiger partial charge in [-0.1, -0.05) is 37.6 Å². The van der Waals surface area contributed by atoms with Crippen LogP contribution in [0.3, 0.4) is 0 Å². The second kappa shape index (κ2) is 5.96. The standard InChI is InChI=1S/C17H24N2/c1-4-6-7-13(5-2)15-9-8-14-12(3)10-11-19-17(14)16(15)18/h5,8-10,19H,4,6-7,11,18H2,1-3H3/b13-5-. The molecule has 1 aromatic rings. The normalized spacial score (nSPS) is 14.7. The third-order valence-corrected chi connectivity index (χ3v) is 3.85. The average Bonchev–Trinajstić information content (AvgIpc) is 2.42. The Morgan fingerprint density at radius 1 is 1.42 bits per heavy atom. The summed E-state index contributed by atoms with van der Waals surface area (Å²) in [6.45, 7) is 7.33. The average molecular weight is 256 g/mol. The van der Waals surface area contributed by atoms with E-state index in [9.17, 15) is 0 Å². The van der Waals surface area contributed by atoms with E-state index < -0.39 is 0 Å². The van der Waals surface area contributed by atoms with Crippen LogP contribution in [-0.4, -0.2) is 6.54 Å². The summed E-state index contributed by atoms with van der Waals surface area (Å²) in [7, 11) is 0. The summed E-state index contributed by atoms with van der Waals surface area (Å²) in [6, 6.07) is 4.36. The molecule has 0 spiro atoms. The predicted molar refractivity (Wildman–Crippen MR) is 86.2 cm³/mol. The molecule has 0 saturated heterocycles. The van der Waals surface area contributed by atoms with Crippen LogP contribution in [0.25, 0.3) is 11.1 Å². The Bertz CT molecular complexity index is 524. The van der Waals surface area contributed by atoms with Crippen molar-refractivity contribution in [2.75, 3.05) is 17.6 Å². The highest BCUT2D eigenvalue weighted by Gasteiger charge is 2.16. The van der Waals surface area contributed by atoms with Crippen molar-refractivity contribution in [1.82, 2.24) is 0 Å². The van der Waals surface area contributed by atoms with Crippen LogP contribution in [0, 0.1) is 0 Å². The molecular weight excluding hydrogens is 232 g/mol. The van der Waals surface area contributed by atoms with Gasteiger partial charge >= 0.3 is 0 Å². The number of nitrogen functional groups attached to an aromatic ring is 1. The van der Waals surface area contributed by atoms with Gasteiger partial charge in [0, 0.05) is 17.7 Å². The lowest BCUT2D eigenvalue weighted by Crippen LogP contribution is -2.11. The zero-order valence-corrected chi connectivity index (χ0v) is 12.2. The van der Waals surface area contributed by atoms with Crippen molar-refractivity contribution in [3.05, 3.63) is 35.4 Å². The topological polar surface area (TPSA) is 38.0 Å². The molecule has 0 aromatic heterocycles. The van der Waals surface area contributed by atoms with Crippen molar-refractivity contribution in [2.45, 2.75) is 40.0 Å². The number of nitrogens with two attached hydrogens (primary N) is 1. The molecule has 0 unspecified atom stereocenters. The van der Waals surface area contributed by atoms with Crippen molar-refractivity contribution < 1.29 is 0 Å². The van der Waals surface area contributed by atoms with Gasteiger partial charge in [0.15, 0.2) is 0 Å². The summed E-state index contributed by atoms with van der Waals surface area (Å²) in [6.07, 6.45) is 7.92. The van der Waals surface area contributed by atoms with Gasteiger partial charge in [-0.2, -0.15) is 0 Å². The number of fused-ring (bicyclic) bond motifs is 1. The second-order valence-electron chi connectivity index (χ2n) is 5.13. The first-order chi connectivity index (χ1) is 9.19. The van der Waals surface area contributed by atoms with Crippen molar-refractivity contribution in [3.63, 3.8) is 0 Å². The molecule has 19 heavy (non-hydrogen) atoms. The van der Waals surface area contributed by atoms with Crippen LogP contribution in [0.2, 0.25) is 0 Å². The summed E-state index contributed by atoms with van der Waals surface area (Å²) in [5.74, 6) is 0. The minimum atomic E-state index is 0.868. The fourth-order valence-corrected chi connectivity index (χ4v) is 2.64. The summed E-state index contributed by atoms with van der Waals surface area (Å²) in [5, 5.41) is 3.41. The maximum absolute atomic E-state index is 6.38. The van der Waals surface area contributed by atoms with E-state index in [0.717, 1.165) is 24.3 Å². The van der Waals surface area contributed by atoms with E-state index in [4.69, 9.17) is 5.73 Å². The summed E-state index contributed by atoms with van der Waals surface area (Å²) in [5.41, 5.74) is 13.5. The van der Waals surface area contributed by atoms with E-state index >= 15 is 0 Å². The molecule has 2 nitrogen and oxygen atoms in total. The molecule has 1 aliphatic heterocycles. The molecule has 1 heterocycles. The smallest absolute Gasteiger partial charge is 0.0658 e. The fraction of sp³-hybridized carbons (Fsp3) is 0.412. The van der Waals surface area contributed by atoms with Crippen LogP contribution in [0.15, 0.2) is 24.3 Å². The van der Waals surface area contributed by atoms with Gasteiger partial charge in [-0.25, -0.2) is 0 Å². The van der Waals surface area contributed by atoms with Crippen LogP contribution in [0.4, 0.5) is 11.4 Å². The monoisotopic (exact) mass is 256 g/mol. The highest BCUT2D eigenvalue weighted by Crippen LogP contribution is 2.38. The Hall–Kier alpha value is -1.70. The Balaban J connectivity index is 2.41. The molecule has 2 heteroatoms. The van der Waals surface area contributed by atoms with E-state index in [2.05, 4.69) is 50.4 Å². The van der Waals surface area contributed by atoms with Crippen molar-refractivity contribution in [1.29, 1.82) is 0 Å². The first-order valence-corrected chi connectivity index (χ1v) is 7.18. The predicted octanol–water partition coefficient (Wildman–Crippen LogP) is 4.69. The highest BCUT2D eigenvalue weighted by atomic mass is 14.9. The van der Waals surface area contributed by atoms with Crippen LogP contribution < -0.4 is 11.1 Å². The van der Waals surface area contributed by atoms with Gasteiger partial charge in [0.05, 0.1) is 11.4 Å². The van der Waals surface area contributed by atoms with Gasteiger partial charge in [-0.3, -0.25) is 0 Å². The largest absolute Gasteiger partial charge is 0.397 e. The zero-order chi connectivity index (χ0) is 13.8. The van der Waals surface area contributed by atoms with Crippen LogP contribution >= 0.6 is 0 Å². The fourth-order valence-electron chi connectivity index (χ4n) is 2.64. The Kier molecular flexibility index (Phi) is 4.31. The molecule has 3 N–H and O–H groups in total. The van der Waals surface area contributed by atoms with Crippen LogP contribution in [0.5, 0.6) is 0 Å². The third kappa shape index (κ3) is 2.67. The molecule has 102 valence electrons. The quantitative estimate of drug-likeness (QED) is 0.767. The molecule has 2 rings (SSSR count). The number of anilines is 2. The number of unbranched alkanes of at least 4 members (excludes halogenated alkanes) is 1. The van der Waals surface area contributed by atoms with E-state index in [1.54, 1.807) is 0 Å². The second-order valence-corrected chi connectivity index (χ2v) is 5.13. The first-order valence-electron chi connectivity index (χ1n) is 7.18. The van der Waals surface area contributed by atoms with Crippen molar-refractivity contribution in [3.8, 4) is 0 Å². The van der Waals surface area contributed by atoms with Crippen LogP contribution in [-0.2, 0) is 0 Å². The van der Waals surface area contributed by atoms with E-state index in [1.165, 1.54) is 35.1 Å². The van der Waals surface area contributed by atoms with E-state index in [-0.39, 0.29) is 0 Å². The number of hydrogen-bond donors (Lipinski definition) is 2. The van der Waals surface area contributed by atoms with Crippen LogP contribution in [0.1, 0.15) is 51.2 Å². The summed E-state index contributed by atoms with van der Waals surface area (Å²) in [4.78, 5) is 0. The van der Waals surface area contributed by atoms with Crippen molar-refractivity contribution in [2.24, 2.45) is 0 Å². The Labute approximate surface area is 116 Å². The lowest BCUT2D eigenvalue weighted by atomic mass is 9.92. The lowest BCUT2D eigenvalue weighted by molar-refractivity contribution is 0.824. The maximum Gasteiger partial charge on any atom is 0.0658 e. The zero-order valence-electron chi connectivity index (χ0n) is 12.2. The van der Waals surface area contributed by atoms with Gasteiger partial charge < -0.3 is 11.1 Å². The van der Waals surface area contributed by atoms with Crippen molar-refractivity contribution >= 4 is 22.5 Å². The SMILES string of the molecule is C/C=C(/CCCC)c1ccc2c(c1N)NCC=C2C. The Morgan fingerprint density at radius 3 is 2.89 bits per heavy atom. The van der Waals surface area contributed by atoms with Gasteiger partial charge in [0.1, 0.15) is 0 Å². The minimum Gasteiger partial charge on any atom is -0.397 e. The lowest BCUT2D eigenvalue weighted by Gasteiger charge is -2.22. The molecule has 0 radical (unpaired) electrons. The number of nitrogens with one attached hydrogen (secondary N) is 1. The molecule has 1 aromatic carbocycles. The molecule has 0 amide bonds. The molecule has 0 atom stereocenters. The number of rotatable bonds is 4. The Morgan fingerprint density at radius 2 is 2.21 bits per heavy atom. The minimum absolute atomic E-state index is 0.868. The molecular formula is C17H24N2. The van der Waals surface area contributed by atoms with Gasteiger partial charge in [0.2, 0.25) is 0 Å². The number of allylic oxidation sites excluding steroid dienone is 3.